The lowest BCUT2D eigenvalue weighted by Crippen LogP contribution is -2.43. The predicted molar refractivity (Wildman–Crippen MR) is 72.0 cm³/mol. The van der Waals surface area contributed by atoms with E-state index in [0.29, 0.717) is 17.8 Å². The zero-order valence-corrected chi connectivity index (χ0v) is 10.6. The number of hydrogen-bond acceptors (Lipinski definition) is 3. The molecule has 0 aliphatic heterocycles. The lowest BCUT2D eigenvalue weighted by molar-refractivity contribution is 0.238. The molecule has 19 heavy (non-hydrogen) atoms. The van der Waals surface area contributed by atoms with Crippen molar-refractivity contribution >= 4 is 0 Å². The molecule has 0 atom stereocenters. The highest BCUT2D eigenvalue weighted by atomic mass is 19.1. The van der Waals surface area contributed by atoms with Crippen molar-refractivity contribution in [3.05, 3.63) is 48.2 Å². The number of halogens is 1. The molecule has 3 nitrogen and oxygen atoms in total. The standard InChI is InChI=1S/C15H16FN3/c16-12-5-2-1-4-11(12)13-6-9-18-14(19-13)15(10-17)7-3-8-15/h1-2,4-6,9H,3,7-8,10,17H2. The van der Waals surface area contributed by atoms with Crippen molar-refractivity contribution in [3.8, 4) is 11.3 Å². The molecule has 0 unspecified atom stereocenters. The molecular weight excluding hydrogens is 241 g/mol. The Morgan fingerprint density at radius 3 is 2.63 bits per heavy atom. The largest absolute Gasteiger partial charge is 0.329 e. The molecule has 3 rings (SSSR count). The van der Waals surface area contributed by atoms with E-state index in [1.54, 1.807) is 24.4 Å². The quantitative estimate of drug-likeness (QED) is 0.919. The highest BCUT2D eigenvalue weighted by Crippen LogP contribution is 2.41. The Balaban J connectivity index is 2.03. The van der Waals surface area contributed by atoms with Gasteiger partial charge in [-0.15, -0.1) is 0 Å². The van der Waals surface area contributed by atoms with Crippen LogP contribution in [0.5, 0.6) is 0 Å². The molecule has 1 fully saturated rings. The number of hydrogen-bond donors (Lipinski definition) is 1. The minimum atomic E-state index is -0.262. The van der Waals surface area contributed by atoms with E-state index in [9.17, 15) is 4.39 Å². The Bertz CT molecular complexity index is 588. The zero-order chi connectivity index (χ0) is 13.3. The fourth-order valence-electron chi connectivity index (χ4n) is 2.56. The van der Waals surface area contributed by atoms with Crippen molar-refractivity contribution in [1.82, 2.24) is 9.97 Å². The van der Waals surface area contributed by atoms with Crippen LogP contribution in [0.25, 0.3) is 11.3 Å². The summed E-state index contributed by atoms with van der Waals surface area (Å²) < 4.78 is 13.8. The number of benzene rings is 1. The topological polar surface area (TPSA) is 51.8 Å². The van der Waals surface area contributed by atoms with Crippen LogP contribution >= 0.6 is 0 Å². The summed E-state index contributed by atoms with van der Waals surface area (Å²) >= 11 is 0. The molecule has 1 aliphatic carbocycles. The van der Waals surface area contributed by atoms with Crippen LogP contribution in [0.3, 0.4) is 0 Å². The minimum absolute atomic E-state index is 0.0960. The summed E-state index contributed by atoms with van der Waals surface area (Å²) in [5.41, 5.74) is 6.91. The highest BCUT2D eigenvalue weighted by molar-refractivity contribution is 5.59. The van der Waals surface area contributed by atoms with Gasteiger partial charge in [-0.05, 0) is 31.0 Å². The van der Waals surface area contributed by atoms with Crippen LogP contribution in [-0.4, -0.2) is 16.5 Å². The monoisotopic (exact) mass is 257 g/mol. The molecule has 98 valence electrons. The van der Waals surface area contributed by atoms with E-state index in [1.807, 2.05) is 6.07 Å². The summed E-state index contributed by atoms with van der Waals surface area (Å²) in [6.07, 6.45) is 4.89. The fraction of sp³-hybridized carbons (Fsp3) is 0.333. The minimum Gasteiger partial charge on any atom is -0.329 e. The molecule has 0 radical (unpaired) electrons. The van der Waals surface area contributed by atoms with Crippen LogP contribution in [0, 0.1) is 5.82 Å². The molecule has 1 aromatic heterocycles. The first kappa shape index (κ1) is 12.2. The molecule has 4 heteroatoms. The Morgan fingerprint density at radius 1 is 1.21 bits per heavy atom. The summed E-state index contributed by atoms with van der Waals surface area (Å²) in [7, 11) is 0. The summed E-state index contributed by atoms with van der Waals surface area (Å²) in [6.45, 7) is 0.549. The van der Waals surface area contributed by atoms with Gasteiger partial charge in [0.15, 0.2) is 0 Å². The maximum atomic E-state index is 13.8. The van der Waals surface area contributed by atoms with Crippen LogP contribution in [0.15, 0.2) is 36.5 Å². The highest BCUT2D eigenvalue weighted by Gasteiger charge is 2.40. The smallest absolute Gasteiger partial charge is 0.136 e. The molecule has 0 amide bonds. The summed E-state index contributed by atoms with van der Waals surface area (Å²) in [5.74, 6) is 0.490. The molecule has 1 heterocycles. The van der Waals surface area contributed by atoms with E-state index in [2.05, 4.69) is 9.97 Å². The summed E-state index contributed by atoms with van der Waals surface area (Å²) in [6, 6.07) is 8.40. The van der Waals surface area contributed by atoms with Crippen molar-refractivity contribution in [3.63, 3.8) is 0 Å². The average molecular weight is 257 g/mol. The first-order valence-electron chi connectivity index (χ1n) is 6.54. The second kappa shape index (κ2) is 4.70. The third kappa shape index (κ3) is 2.02. The molecule has 0 spiro atoms. The van der Waals surface area contributed by atoms with Gasteiger partial charge in [0, 0.05) is 23.7 Å². The SMILES string of the molecule is NCC1(c2nccc(-c3ccccc3F)n2)CCC1. The molecule has 0 bridgehead atoms. The Kier molecular flexibility index (Phi) is 3.03. The number of nitrogens with zero attached hydrogens (tertiary/aromatic N) is 2. The van der Waals surface area contributed by atoms with E-state index in [1.165, 1.54) is 6.07 Å². The van der Waals surface area contributed by atoms with Crippen molar-refractivity contribution in [2.45, 2.75) is 24.7 Å². The number of aromatic nitrogens is 2. The second-order valence-corrected chi connectivity index (χ2v) is 5.08. The van der Waals surface area contributed by atoms with Crippen LogP contribution in [-0.2, 0) is 5.41 Å². The molecule has 1 aromatic carbocycles. The molecule has 2 aromatic rings. The van der Waals surface area contributed by atoms with Crippen LogP contribution in [0.2, 0.25) is 0 Å². The Labute approximate surface area is 111 Å². The van der Waals surface area contributed by atoms with Gasteiger partial charge in [-0.3, -0.25) is 0 Å². The van der Waals surface area contributed by atoms with Gasteiger partial charge >= 0.3 is 0 Å². The first-order valence-corrected chi connectivity index (χ1v) is 6.54. The van der Waals surface area contributed by atoms with E-state index in [4.69, 9.17) is 5.73 Å². The van der Waals surface area contributed by atoms with Crippen molar-refractivity contribution in [2.75, 3.05) is 6.54 Å². The van der Waals surface area contributed by atoms with Crippen molar-refractivity contribution in [2.24, 2.45) is 5.73 Å². The number of nitrogens with two attached hydrogens (primary N) is 1. The second-order valence-electron chi connectivity index (χ2n) is 5.08. The van der Waals surface area contributed by atoms with E-state index < -0.39 is 0 Å². The third-order valence-electron chi connectivity index (χ3n) is 3.98. The Morgan fingerprint density at radius 2 is 2.00 bits per heavy atom. The predicted octanol–water partition coefficient (Wildman–Crippen LogP) is 2.66. The lowest BCUT2D eigenvalue weighted by atomic mass is 9.68. The van der Waals surface area contributed by atoms with Gasteiger partial charge < -0.3 is 5.73 Å². The molecule has 1 saturated carbocycles. The van der Waals surface area contributed by atoms with Gasteiger partial charge in [0.05, 0.1) is 5.69 Å². The fourth-order valence-corrected chi connectivity index (χ4v) is 2.56. The molecule has 1 aliphatic rings. The molecular formula is C15H16FN3. The van der Waals surface area contributed by atoms with E-state index in [0.717, 1.165) is 25.1 Å². The van der Waals surface area contributed by atoms with Gasteiger partial charge in [0.2, 0.25) is 0 Å². The van der Waals surface area contributed by atoms with Gasteiger partial charge in [-0.25, -0.2) is 14.4 Å². The van der Waals surface area contributed by atoms with Crippen molar-refractivity contribution < 1.29 is 4.39 Å². The van der Waals surface area contributed by atoms with E-state index in [-0.39, 0.29) is 11.2 Å². The van der Waals surface area contributed by atoms with Gasteiger partial charge in [0.25, 0.3) is 0 Å². The van der Waals surface area contributed by atoms with Crippen LogP contribution in [0.4, 0.5) is 4.39 Å². The van der Waals surface area contributed by atoms with Crippen molar-refractivity contribution in [1.29, 1.82) is 0 Å². The normalized spacial score (nSPS) is 16.9. The maximum absolute atomic E-state index is 13.8. The van der Waals surface area contributed by atoms with Crippen LogP contribution < -0.4 is 5.73 Å². The third-order valence-corrected chi connectivity index (χ3v) is 3.98. The number of rotatable bonds is 3. The average Bonchev–Trinajstić information content (AvgIpc) is 2.39. The van der Waals surface area contributed by atoms with Gasteiger partial charge in [-0.1, -0.05) is 18.6 Å². The molecule has 0 saturated heterocycles. The van der Waals surface area contributed by atoms with E-state index >= 15 is 0 Å². The lowest BCUT2D eigenvalue weighted by Gasteiger charge is -2.39. The maximum Gasteiger partial charge on any atom is 0.136 e. The molecule has 2 N–H and O–H groups in total. The summed E-state index contributed by atoms with van der Waals surface area (Å²) in [4.78, 5) is 8.88. The van der Waals surface area contributed by atoms with Gasteiger partial charge in [-0.2, -0.15) is 0 Å². The first-order chi connectivity index (χ1) is 9.25. The Hall–Kier alpha value is -1.81. The zero-order valence-electron chi connectivity index (χ0n) is 10.6. The van der Waals surface area contributed by atoms with Crippen LogP contribution in [0.1, 0.15) is 25.1 Å². The summed E-state index contributed by atoms with van der Waals surface area (Å²) in [5, 5.41) is 0. The van der Waals surface area contributed by atoms with Gasteiger partial charge in [0.1, 0.15) is 11.6 Å².